The van der Waals surface area contributed by atoms with E-state index in [0.29, 0.717) is 5.56 Å². The minimum absolute atomic E-state index is 0.525. The topological polar surface area (TPSA) is 71.0 Å². The number of hydrogen-bond donors (Lipinski definition) is 2. The van der Waals surface area contributed by atoms with Gasteiger partial charge in [0.2, 0.25) is 0 Å². The molecule has 4 heterocycles. The third-order valence-electron chi connectivity index (χ3n) is 8.39. The van der Waals surface area contributed by atoms with Crippen molar-refractivity contribution in [1.29, 1.82) is 5.26 Å². The molecule has 6 nitrogen and oxygen atoms in total. The van der Waals surface area contributed by atoms with E-state index in [9.17, 15) is 5.26 Å². The number of H-pyrrole nitrogens is 1. The van der Waals surface area contributed by atoms with Gasteiger partial charge in [-0.05, 0) is 93.7 Å². The van der Waals surface area contributed by atoms with Gasteiger partial charge in [-0.15, -0.1) is 0 Å². The molecule has 0 saturated carbocycles. The minimum atomic E-state index is 0.525. The SMILES string of the molecule is Cc1c(Nc2c(C#N)cncc2/C=C/c2cccc(CN3CCC(N4CCCC4)CC3)c2)ccc2[nH]ccc12. The highest BCUT2D eigenvalue weighted by Crippen LogP contribution is 2.31. The highest BCUT2D eigenvalue weighted by molar-refractivity contribution is 5.90. The van der Waals surface area contributed by atoms with Crippen LogP contribution in [0.25, 0.3) is 23.1 Å². The molecular weight excluding hydrogens is 480 g/mol. The number of aromatic nitrogens is 2. The summed E-state index contributed by atoms with van der Waals surface area (Å²) in [7, 11) is 0. The van der Waals surface area contributed by atoms with Gasteiger partial charge in [0.25, 0.3) is 0 Å². The van der Waals surface area contributed by atoms with Gasteiger partial charge < -0.3 is 15.2 Å². The first-order valence-electron chi connectivity index (χ1n) is 14.1. The summed E-state index contributed by atoms with van der Waals surface area (Å²) in [5.74, 6) is 0. The first kappa shape index (κ1) is 25.4. The molecule has 0 spiro atoms. The van der Waals surface area contributed by atoms with Crippen molar-refractivity contribution < 1.29 is 0 Å². The molecule has 4 aromatic rings. The van der Waals surface area contributed by atoms with E-state index in [1.807, 2.05) is 12.4 Å². The second kappa shape index (κ2) is 11.4. The van der Waals surface area contributed by atoms with E-state index >= 15 is 0 Å². The molecule has 0 bridgehead atoms. The fourth-order valence-corrected chi connectivity index (χ4v) is 6.17. The Morgan fingerprint density at radius 3 is 2.72 bits per heavy atom. The Morgan fingerprint density at radius 2 is 1.90 bits per heavy atom. The van der Waals surface area contributed by atoms with E-state index in [-0.39, 0.29) is 0 Å². The molecular formula is C33H36N6. The van der Waals surface area contributed by atoms with E-state index in [1.54, 1.807) is 6.20 Å². The smallest absolute Gasteiger partial charge is 0.103 e. The molecule has 0 atom stereocenters. The summed E-state index contributed by atoms with van der Waals surface area (Å²) in [6, 6.07) is 18.1. The van der Waals surface area contributed by atoms with Gasteiger partial charge in [0.05, 0.1) is 11.3 Å². The van der Waals surface area contributed by atoms with Gasteiger partial charge in [-0.25, -0.2) is 0 Å². The molecule has 2 fully saturated rings. The molecule has 0 unspecified atom stereocenters. The number of aromatic amines is 1. The molecule has 0 aliphatic carbocycles. The number of fused-ring (bicyclic) bond motifs is 1. The van der Waals surface area contributed by atoms with E-state index in [1.165, 1.54) is 62.8 Å². The van der Waals surface area contributed by atoms with E-state index < -0.39 is 0 Å². The summed E-state index contributed by atoms with van der Waals surface area (Å²) in [6.45, 7) is 8.04. The molecule has 2 N–H and O–H groups in total. The number of pyridine rings is 1. The summed E-state index contributed by atoms with van der Waals surface area (Å²) in [4.78, 5) is 12.9. The molecule has 2 aromatic carbocycles. The lowest BCUT2D eigenvalue weighted by Gasteiger charge is -2.36. The van der Waals surface area contributed by atoms with Crippen molar-refractivity contribution >= 4 is 34.4 Å². The maximum Gasteiger partial charge on any atom is 0.103 e. The minimum Gasteiger partial charge on any atom is -0.361 e. The van der Waals surface area contributed by atoms with E-state index in [2.05, 4.69) is 92.7 Å². The van der Waals surface area contributed by atoms with Crippen molar-refractivity contribution in [1.82, 2.24) is 19.8 Å². The normalized spacial score (nSPS) is 17.2. The standard InChI is InChI=1S/C33H36N6/c1-24-30-11-14-36-32(30)10-9-31(24)37-33-27(21-35-22-28(33)20-34)8-7-25-5-4-6-26(19-25)23-38-17-12-29(13-18-38)39-15-2-3-16-39/h4-11,14,19,21-22,29,36H,2-3,12-13,15-18,23H2,1H3,(H,35,37)/b8-7+. The molecule has 39 heavy (non-hydrogen) atoms. The van der Waals surface area contributed by atoms with Crippen LogP contribution in [0.2, 0.25) is 0 Å². The molecule has 0 amide bonds. The van der Waals surface area contributed by atoms with Crippen molar-refractivity contribution in [3.8, 4) is 6.07 Å². The highest BCUT2D eigenvalue weighted by Gasteiger charge is 2.26. The monoisotopic (exact) mass is 516 g/mol. The molecule has 198 valence electrons. The Morgan fingerprint density at radius 1 is 1.05 bits per heavy atom. The van der Waals surface area contributed by atoms with Gasteiger partial charge in [-0.3, -0.25) is 9.88 Å². The lowest BCUT2D eigenvalue weighted by molar-refractivity contribution is 0.122. The second-order valence-electron chi connectivity index (χ2n) is 10.9. The van der Waals surface area contributed by atoms with Gasteiger partial charge in [0.15, 0.2) is 0 Å². The van der Waals surface area contributed by atoms with Crippen molar-refractivity contribution in [3.63, 3.8) is 0 Å². The number of piperidine rings is 1. The molecule has 2 aliphatic rings. The Labute approximate surface area is 231 Å². The van der Waals surface area contributed by atoms with Crippen LogP contribution in [-0.2, 0) is 6.54 Å². The van der Waals surface area contributed by atoms with Gasteiger partial charge in [-0.1, -0.05) is 36.4 Å². The number of benzene rings is 2. The highest BCUT2D eigenvalue weighted by atomic mass is 15.2. The zero-order valence-corrected chi connectivity index (χ0v) is 22.7. The summed E-state index contributed by atoms with van der Waals surface area (Å²) in [5, 5.41) is 14.5. The number of rotatable bonds is 7. The van der Waals surface area contributed by atoms with Crippen LogP contribution < -0.4 is 5.32 Å². The van der Waals surface area contributed by atoms with Gasteiger partial charge >= 0.3 is 0 Å². The average Bonchev–Trinajstić information content (AvgIpc) is 3.68. The molecule has 6 heteroatoms. The van der Waals surface area contributed by atoms with Crippen LogP contribution in [0.5, 0.6) is 0 Å². The lowest BCUT2D eigenvalue weighted by Crippen LogP contribution is -2.43. The maximum atomic E-state index is 9.82. The summed E-state index contributed by atoms with van der Waals surface area (Å²) >= 11 is 0. The average molecular weight is 517 g/mol. The van der Waals surface area contributed by atoms with Gasteiger partial charge in [0.1, 0.15) is 6.07 Å². The van der Waals surface area contributed by atoms with Gasteiger partial charge in [0, 0.05) is 53.3 Å². The van der Waals surface area contributed by atoms with E-state index in [4.69, 9.17) is 0 Å². The predicted molar refractivity (Wildman–Crippen MR) is 160 cm³/mol. The zero-order chi connectivity index (χ0) is 26.6. The van der Waals surface area contributed by atoms with Crippen LogP contribution in [-0.4, -0.2) is 52.0 Å². The van der Waals surface area contributed by atoms with Gasteiger partial charge in [-0.2, -0.15) is 5.26 Å². The van der Waals surface area contributed by atoms with E-state index in [0.717, 1.165) is 46.2 Å². The van der Waals surface area contributed by atoms with Crippen LogP contribution in [0.15, 0.2) is 61.1 Å². The third-order valence-corrected chi connectivity index (χ3v) is 8.39. The summed E-state index contributed by atoms with van der Waals surface area (Å²) in [6.07, 6.45) is 14.9. The maximum absolute atomic E-state index is 9.82. The van der Waals surface area contributed by atoms with Crippen LogP contribution in [0.3, 0.4) is 0 Å². The number of hydrogen-bond acceptors (Lipinski definition) is 5. The van der Waals surface area contributed by atoms with Crippen LogP contribution in [0.1, 0.15) is 53.5 Å². The lowest BCUT2D eigenvalue weighted by atomic mass is 10.0. The van der Waals surface area contributed by atoms with Crippen LogP contribution >= 0.6 is 0 Å². The predicted octanol–water partition coefficient (Wildman–Crippen LogP) is 6.72. The molecule has 2 saturated heterocycles. The Kier molecular flexibility index (Phi) is 7.44. The largest absolute Gasteiger partial charge is 0.361 e. The molecule has 2 aromatic heterocycles. The molecule has 6 rings (SSSR count). The van der Waals surface area contributed by atoms with Crippen molar-refractivity contribution in [2.45, 2.75) is 45.2 Å². The first-order valence-corrected chi connectivity index (χ1v) is 14.1. The Balaban J connectivity index is 1.17. The van der Waals surface area contributed by atoms with Crippen LogP contribution in [0.4, 0.5) is 11.4 Å². The number of nitrogens with zero attached hydrogens (tertiary/aromatic N) is 4. The second-order valence-corrected chi connectivity index (χ2v) is 10.9. The van der Waals surface area contributed by atoms with Crippen molar-refractivity contribution in [2.24, 2.45) is 0 Å². The number of nitrogens with one attached hydrogen (secondary N) is 2. The fourth-order valence-electron chi connectivity index (χ4n) is 6.17. The summed E-state index contributed by atoms with van der Waals surface area (Å²) in [5.41, 5.74) is 7.90. The quantitative estimate of drug-likeness (QED) is 0.285. The number of nitriles is 1. The molecule has 2 aliphatic heterocycles. The molecule has 0 radical (unpaired) electrons. The number of anilines is 2. The van der Waals surface area contributed by atoms with Crippen molar-refractivity contribution in [3.05, 3.63) is 88.9 Å². The first-order chi connectivity index (χ1) is 19.2. The summed E-state index contributed by atoms with van der Waals surface area (Å²) < 4.78 is 0. The zero-order valence-electron chi connectivity index (χ0n) is 22.7. The number of likely N-dealkylation sites (tertiary alicyclic amines) is 2. The number of aryl methyl sites for hydroxylation is 1. The Bertz CT molecular complexity index is 1510. The van der Waals surface area contributed by atoms with Crippen LogP contribution in [0, 0.1) is 18.3 Å². The third kappa shape index (κ3) is 5.61. The van der Waals surface area contributed by atoms with Crippen molar-refractivity contribution in [2.75, 3.05) is 31.5 Å². The Hall–Kier alpha value is -3.92. The fraction of sp³-hybridized carbons (Fsp3) is 0.333.